The Morgan fingerprint density at radius 3 is 2.58 bits per heavy atom. The fraction of sp³-hybridized carbons (Fsp3) is 0.529. The van der Waals surface area contributed by atoms with E-state index in [1.165, 1.54) is 6.07 Å². The van der Waals surface area contributed by atoms with Crippen molar-refractivity contribution in [1.29, 1.82) is 0 Å². The van der Waals surface area contributed by atoms with E-state index < -0.39 is 33.5 Å². The van der Waals surface area contributed by atoms with Crippen LogP contribution in [0.3, 0.4) is 0 Å². The minimum Gasteiger partial charge on any atom is -0.501 e. The summed E-state index contributed by atoms with van der Waals surface area (Å²) in [6.07, 6.45) is 0.598. The highest BCUT2D eigenvalue weighted by Gasteiger charge is 2.32. The molecule has 1 saturated heterocycles. The lowest BCUT2D eigenvalue weighted by Crippen LogP contribution is -2.30. The largest absolute Gasteiger partial charge is 0.501 e. The lowest BCUT2D eigenvalue weighted by Gasteiger charge is -2.22. The first-order valence-corrected chi connectivity index (χ1v) is 8.16. The van der Waals surface area contributed by atoms with Crippen molar-refractivity contribution in [2.24, 2.45) is 5.92 Å². The Kier molecular flexibility index (Phi) is 5.50. The van der Waals surface area contributed by atoms with Crippen LogP contribution in [0.1, 0.15) is 43.1 Å². The molecule has 1 aromatic rings. The number of hydrogen-bond acceptors (Lipinski definition) is 7. The van der Waals surface area contributed by atoms with Gasteiger partial charge in [0.1, 0.15) is 11.2 Å². The minimum absolute atomic E-state index is 0.237. The molecule has 9 nitrogen and oxygen atoms in total. The molecule has 0 aromatic heterocycles. The van der Waals surface area contributed by atoms with Crippen molar-refractivity contribution < 1.29 is 29.5 Å². The highest BCUT2D eigenvalue weighted by molar-refractivity contribution is 5.92. The third kappa shape index (κ3) is 4.69. The predicted octanol–water partition coefficient (Wildman–Crippen LogP) is 2.16. The molecular formula is C17H22N2O7. The monoisotopic (exact) mass is 366 g/mol. The molecule has 2 rings (SSSR count). The van der Waals surface area contributed by atoms with E-state index in [9.17, 15) is 24.8 Å². The number of aromatic hydroxyl groups is 1. The number of rotatable bonds is 5. The summed E-state index contributed by atoms with van der Waals surface area (Å²) in [7, 11) is 0. The Bertz CT molecular complexity index is 704. The molecule has 9 heteroatoms. The summed E-state index contributed by atoms with van der Waals surface area (Å²) in [6.45, 7) is 6.62. The number of likely N-dealkylation sites (tertiary alicyclic amines) is 1. The van der Waals surface area contributed by atoms with Gasteiger partial charge < -0.3 is 14.9 Å². The van der Waals surface area contributed by atoms with Gasteiger partial charge in [-0.15, -0.1) is 0 Å². The van der Waals surface area contributed by atoms with E-state index >= 15 is 0 Å². The highest BCUT2D eigenvalue weighted by atomic mass is 16.6. The fourth-order valence-electron chi connectivity index (χ4n) is 2.88. The van der Waals surface area contributed by atoms with Crippen molar-refractivity contribution in [3.05, 3.63) is 33.4 Å². The number of carbonyl (C=O) groups excluding carboxylic acids is 1. The zero-order valence-electron chi connectivity index (χ0n) is 14.9. The third-order valence-corrected chi connectivity index (χ3v) is 4.00. The Balaban J connectivity index is 2.13. The van der Waals surface area contributed by atoms with Crippen LogP contribution in [0.2, 0.25) is 0 Å². The van der Waals surface area contributed by atoms with E-state index in [1.54, 1.807) is 20.8 Å². The molecule has 0 bridgehead atoms. The summed E-state index contributed by atoms with van der Waals surface area (Å²) < 4.78 is 5.37. The van der Waals surface area contributed by atoms with Gasteiger partial charge in [0.05, 0.1) is 10.8 Å². The summed E-state index contributed by atoms with van der Waals surface area (Å²) >= 11 is 0. The smallest absolute Gasteiger partial charge is 0.339 e. The molecule has 1 aromatic carbocycles. The van der Waals surface area contributed by atoms with Crippen LogP contribution >= 0.6 is 0 Å². The SMILES string of the molecule is CC(C)(C)OC(=O)[C@@H]1CCN(Cc2cc(C(=O)O)c(O)c([N+](=O)[O-])c2)C1. The molecule has 1 fully saturated rings. The molecule has 1 aliphatic rings. The Morgan fingerprint density at radius 1 is 1.38 bits per heavy atom. The molecule has 2 N–H and O–H groups in total. The van der Waals surface area contributed by atoms with E-state index in [2.05, 4.69) is 0 Å². The van der Waals surface area contributed by atoms with Gasteiger partial charge in [0, 0.05) is 19.2 Å². The van der Waals surface area contributed by atoms with Crippen LogP contribution in [0.15, 0.2) is 12.1 Å². The first-order valence-electron chi connectivity index (χ1n) is 8.16. The Hall–Kier alpha value is -2.68. The quantitative estimate of drug-likeness (QED) is 0.460. The number of phenols is 1. The number of esters is 1. The van der Waals surface area contributed by atoms with Crippen LogP contribution < -0.4 is 0 Å². The Morgan fingerprint density at radius 2 is 2.04 bits per heavy atom. The second-order valence-corrected chi connectivity index (χ2v) is 7.33. The van der Waals surface area contributed by atoms with Crippen LogP contribution in [0.4, 0.5) is 5.69 Å². The second kappa shape index (κ2) is 7.28. The van der Waals surface area contributed by atoms with Gasteiger partial charge in [-0.1, -0.05) is 0 Å². The molecular weight excluding hydrogens is 344 g/mol. The van der Waals surface area contributed by atoms with Crippen LogP contribution in [0.5, 0.6) is 5.75 Å². The normalized spacial score (nSPS) is 17.9. The third-order valence-electron chi connectivity index (χ3n) is 4.00. The minimum atomic E-state index is -1.44. The lowest BCUT2D eigenvalue weighted by atomic mass is 10.1. The number of benzene rings is 1. The molecule has 142 valence electrons. The zero-order chi connectivity index (χ0) is 19.6. The van der Waals surface area contributed by atoms with E-state index in [-0.39, 0.29) is 18.4 Å². The molecule has 0 radical (unpaired) electrons. The topological polar surface area (TPSA) is 130 Å². The van der Waals surface area contributed by atoms with Crippen LogP contribution in [0, 0.1) is 16.0 Å². The van der Waals surface area contributed by atoms with E-state index in [0.717, 1.165) is 6.07 Å². The summed E-state index contributed by atoms with van der Waals surface area (Å²) in [6, 6.07) is 2.37. The number of nitro groups is 1. The maximum absolute atomic E-state index is 12.1. The van der Waals surface area contributed by atoms with Crippen molar-refractivity contribution >= 4 is 17.6 Å². The van der Waals surface area contributed by atoms with Gasteiger partial charge >= 0.3 is 17.6 Å². The standard InChI is InChI=1S/C17H22N2O7/c1-17(2,3)26-16(23)11-4-5-18(9-11)8-10-6-12(15(21)22)14(20)13(7-10)19(24)25/h6-7,11,20H,4-5,8-9H2,1-3H3,(H,21,22)/t11-/m1/s1. The number of aromatic carboxylic acids is 1. The van der Waals surface area contributed by atoms with Crippen molar-refractivity contribution in [1.82, 2.24) is 4.90 Å². The average molecular weight is 366 g/mol. The predicted molar refractivity (Wildman–Crippen MR) is 90.9 cm³/mol. The summed E-state index contributed by atoms with van der Waals surface area (Å²) in [4.78, 5) is 35.5. The van der Waals surface area contributed by atoms with Gasteiger partial charge in [-0.25, -0.2) is 4.79 Å². The van der Waals surface area contributed by atoms with Gasteiger partial charge in [0.25, 0.3) is 0 Å². The van der Waals surface area contributed by atoms with Gasteiger partial charge in [-0.2, -0.15) is 0 Å². The molecule has 0 spiro atoms. The van der Waals surface area contributed by atoms with Crippen molar-refractivity contribution in [3.63, 3.8) is 0 Å². The zero-order valence-corrected chi connectivity index (χ0v) is 14.9. The van der Waals surface area contributed by atoms with Gasteiger partial charge in [0.15, 0.2) is 0 Å². The second-order valence-electron chi connectivity index (χ2n) is 7.33. The number of carboxylic acids is 1. The molecule has 0 aliphatic carbocycles. The number of carbonyl (C=O) groups is 2. The average Bonchev–Trinajstić information content (AvgIpc) is 2.95. The molecule has 26 heavy (non-hydrogen) atoms. The van der Waals surface area contributed by atoms with Crippen molar-refractivity contribution in [3.8, 4) is 5.75 Å². The van der Waals surface area contributed by atoms with Crippen LogP contribution in [-0.2, 0) is 16.1 Å². The summed E-state index contributed by atoms with van der Waals surface area (Å²) in [5, 5.41) is 29.9. The molecule has 1 heterocycles. The summed E-state index contributed by atoms with van der Waals surface area (Å²) in [5.74, 6) is -2.89. The fourth-order valence-corrected chi connectivity index (χ4v) is 2.88. The molecule has 0 unspecified atom stereocenters. The van der Waals surface area contributed by atoms with Crippen LogP contribution in [0.25, 0.3) is 0 Å². The van der Waals surface area contributed by atoms with E-state index in [1.807, 2.05) is 4.90 Å². The van der Waals surface area contributed by atoms with Crippen LogP contribution in [-0.4, -0.2) is 50.7 Å². The van der Waals surface area contributed by atoms with Crippen molar-refractivity contribution in [2.75, 3.05) is 13.1 Å². The number of nitro benzene ring substituents is 1. The number of hydrogen-bond donors (Lipinski definition) is 2. The molecule has 0 saturated carbocycles. The van der Waals surface area contributed by atoms with Crippen molar-refractivity contribution in [2.45, 2.75) is 39.3 Å². The lowest BCUT2D eigenvalue weighted by molar-refractivity contribution is -0.386. The first kappa shape index (κ1) is 19.6. The van der Waals surface area contributed by atoms with Gasteiger partial charge in [-0.3, -0.25) is 19.8 Å². The summed E-state index contributed by atoms with van der Waals surface area (Å²) in [5.41, 5.74) is -1.35. The first-order chi connectivity index (χ1) is 12.0. The van der Waals surface area contributed by atoms with Gasteiger partial charge in [0.2, 0.25) is 5.75 Å². The highest BCUT2D eigenvalue weighted by Crippen LogP contribution is 2.32. The van der Waals surface area contributed by atoms with E-state index in [4.69, 9.17) is 9.84 Å². The Labute approximate surface area is 150 Å². The van der Waals surface area contributed by atoms with E-state index in [0.29, 0.717) is 25.1 Å². The molecule has 0 amide bonds. The number of nitrogens with zero attached hydrogens (tertiary/aromatic N) is 2. The maximum atomic E-state index is 12.1. The maximum Gasteiger partial charge on any atom is 0.339 e. The molecule has 1 aliphatic heterocycles. The van der Waals surface area contributed by atoms with Gasteiger partial charge in [-0.05, 0) is 45.4 Å². The number of carboxylic acid groups (broad SMARTS) is 1. The number of ether oxygens (including phenoxy) is 1. The molecule has 1 atom stereocenters.